The van der Waals surface area contributed by atoms with Crippen LogP contribution in [-0.2, 0) is 13.1 Å². The summed E-state index contributed by atoms with van der Waals surface area (Å²) in [6, 6.07) is 9.58. The van der Waals surface area contributed by atoms with Crippen molar-refractivity contribution < 1.29 is 5.11 Å². The van der Waals surface area contributed by atoms with Crippen LogP contribution < -0.4 is 11.3 Å². The van der Waals surface area contributed by atoms with Gasteiger partial charge in [0, 0.05) is 18.7 Å². The topological polar surface area (TPSA) is 68.2 Å². The van der Waals surface area contributed by atoms with Crippen molar-refractivity contribution in [2.75, 3.05) is 0 Å². The van der Waals surface area contributed by atoms with E-state index in [1.807, 2.05) is 30.3 Å². The Hall–Kier alpha value is -1.65. The molecule has 0 radical (unpaired) electrons. The zero-order valence-corrected chi connectivity index (χ0v) is 11.4. The third-order valence-electron chi connectivity index (χ3n) is 3.24. The van der Waals surface area contributed by atoms with E-state index < -0.39 is 5.60 Å². The van der Waals surface area contributed by atoms with Crippen LogP contribution >= 0.6 is 0 Å². The van der Waals surface area contributed by atoms with E-state index in [1.54, 1.807) is 18.4 Å². The predicted octanol–water partition coefficient (Wildman–Crippen LogP) is 1.62. The molecule has 1 aromatic heterocycles. The lowest BCUT2D eigenvalue weighted by Crippen LogP contribution is -2.29. The molecule has 102 valence electrons. The van der Waals surface area contributed by atoms with E-state index in [1.165, 1.54) is 0 Å². The molecule has 0 bridgehead atoms. The van der Waals surface area contributed by atoms with E-state index in [-0.39, 0.29) is 12.1 Å². The first kappa shape index (κ1) is 13.8. The van der Waals surface area contributed by atoms with Crippen molar-refractivity contribution in [2.24, 2.45) is 5.73 Å². The number of fused-ring (bicyclic) bond motifs is 1. The smallest absolute Gasteiger partial charge is 0.255 e. The van der Waals surface area contributed by atoms with Gasteiger partial charge in [-0.2, -0.15) is 0 Å². The molecule has 1 heterocycles. The molecule has 2 aromatic rings. The van der Waals surface area contributed by atoms with Crippen LogP contribution in [0.3, 0.4) is 0 Å². The second kappa shape index (κ2) is 5.15. The number of hydrogen-bond acceptors (Lipinski definition) is 3. The lowest BCUT2D eigenvalue weighted by atomic mass is 10.1. The van der Waals surface area contributed by atoms with Crippen LogP contribution in [0.2, 0.25) is 0 Å². The fraction of sp³-hybridized carbons (Fsp3) is 0.400. The Bertz CT molecular complexity index is 639. The normalized spacial score (nSPS) is 12.0. The fourth-order valence-corrected chi connectivity index (χ4v) is 2.14. The van der Waals surface area contributed by atoms with Gasteiger partial charge in [-0.25, -0.2) is 0 Å². The largest absolute Gasteiger partial charge is 0.390 e. The maximum atomic E-state index is 12.3. The van der Waals surface area contributed by atoms with Crippen LogP contribution in [-0.4, -0.2) is 15.3 Å². The van der Waals surface area contributed by atoms with Gasteiger partial charge in [0.15, 0.2) is 0 Å². The monoisotopic (exact) mass is 260 g/mol. The first-order valence-corrected chi connectivity index (χ1v) is 6.46. The minimum atomic E-state index is -0.792. The summed E-state index contributed by atoms with van der Waals surface area (Å²) in [5, 5.41) is 10.8. The highest BCUT2D eigenvalue weighted by Gasteiger charge is 2.14. The molecular formula is C15H20N2O2. The molecule has 0 unspecified atom stereocenters. The van der Waals surface area contributed by atoms with Crippen LogP contribution in [0.25, 0.3) is 10.9 Å². The predicted molar refractivity (Wildman–Crippen MR) is 77.0 cm³/mol. The summed E-state index contributed by atoms with van der Waals surface area (Å²) in [5.41, 5.74) is 6.26. The molecule has 4 heteroatoms. The molecule has 0 saturated carbocycles. The zero-order valence-electron chi connectivity index (χ0n) is 11.4. The Morgan fingerprint density at radius 1 is 1.32 bits per heavy atom. The molecule has 0 aliphatic heterocycles. The van der Waals surface area contributed by atoms with Crippen molar-refractivity contribution >= 4 is 10.9 Å². The number of benzene rings is 1. The summed E-state index contributed by atoms with van der Waals surface area (Å²) < 4.78 is 1.70. The lowest BCUT2D eigenvalue weighted by molar-refractivity contribution is 0.0663. The van der Waals surface area contributed by atoms with Gasteiger partial charge in [0.2, 0.25) is 0 Å². The van der Waals surface area contributed by atoms with Crippen molar-refractivity contribution in [3.8, 4) is 0 Å². The molecule has 0 saturated heterocycles. The van der Waals surface area contributed by atoms with E-state index in [9.17, 15) is 9.90 Å². The molecule has 0 fully saturated rings. The molecule has 1 aromatic carbocycles. The minimum absolute atomic E-state index is 0.0644. The van der Waals surface area contributed by atoms with Gasteiger partial charge in [0.25, 0.3) is 5.56 Å². The van der Waals surface area contributed by atoms with Crippen LogP contribution in [0.15, 0.2) is 35.1 Å². The third-order valence-corrected chi connectivity index (χ3v) is 3.24. The summed E-state index contributed by atoms with van der Waals surface area (Å²) in [4.78, 5) is 12.3. The average Bonchev–Trinajstić information content (AvgIpc) is 2.36. The molecule has 0 aliphatic rings. The van der Waals surface area contributed by atoms with Gasteiger partial charge in [0.05, 0.1) is 11.1 Å². The summed E-state index contributed by atoms with van der Waals surface area (Å²) in [6.45, 7) is 4.20. The minimum Gasteiger partial charge on any atom is -0.390 e. The summed E-state index contributed by atoms with van der Waals surface area (Å²) in [5.74, 6) is 0. The van der Waals surface area contributed by atoms with Gasteiger partial charge in [-0.05, 0) is 37.8 Å². The van der Waals surface area contributed by atoms with Crippen LogP contribution in [0, 0.1) is 0 Å². The van der Waals surface area contributed by atoms with Gasteiger partial charge in [-0.3, -0.25) is 4.79 Å². The van der Waals surface area contributed by atoms with E-state index >= 15 is 0 Å². The number of aromatic nitrogens is 1. The van der Waals surface area contributed by atoms with Crippen LogP contribution in [0.1, 0.15) is 25.8 Å². The number of hydrogen-bond donors (Lipinski definition) is 2. The Balaban J connectivity index is 2.56. The number of nitrogens with two attached hydrogens (primary N) is 1. The van der Waals surface area contributed by atoms with E-state index in [0.29, 0.717) is 18.5 Å². The van der Waals surface area contributed by atoms with Gasteiger partial charge in [-0.1, -0.05) is 18.2 Å². The molecule has 3 N–H and O–H groups in total. The molecule has 0 aliphatic carbocycles. The van der Waals surface area contributed by atoms with Gasteiger partial charge < -0.3 is 15.4 Å². The Labute approximate surface area is 112 Å². The summed E-state index contributed by atoms with van der Waals surface area (Å²) >= 11 is 0. The third kappa shape index (κ3) is 3.03. The number of aliphatic hydroxyl groups is 1. The van der Waals surface area contributed by atoms with Gasteiger partial charge in [0.1, 0.15) is 0 Å². The SMILES string of the molecule is CC(C)(O)CCn1c(=O)c(CN)cc2ccccc21. The molecule has 0 spiro atoms. The molecule has 19 heavy (non-hydrogen) atoms. The summed E-state index contributed by atoms with van der Waals surface area (Å²) in [6.07, 6.45) is 0.519. The van der Waals surface area contributed by atoms with E-state index in [0.717, 1.165) is 10.9 Å². The number of rotatable bonds is 4. The number of aryl methyl sites for hydroxylation is 1. The first-order chi connectivity index (χ1) is 8.92. The second-order valence-corrected chi connectivity index (χ2v) is 5.45. The van der Waals surface area contributed by atoms with Crippen LogP contribution in [0.5, 0.6) is 0 Å². The quantitative estimate of drug-likeness (QED) is 0.877. The van der Waals surface area contributed by atoms with Crippen molar-refractivity contribution in [3.63, 3.8) is 0 Å². The Morgan fingerprint density at radius 3 is 2.63 bits per heavy atom. The molecule has 2 rings (SSSR count). The highest BCUT2D eigenvalue weighted by Crippen LogP contribution is 2.16. The van der Waals surface area contributed by atoms with E-state index in [4.69, 9.17) is 5.73 Å². The number of pyridine rings is 1. The van der Waals surface area contributed by atoms with Crippen molar-refractivity contribution in [1.82, 2.24) is 4.57 Å². The maximum absolute atomic E-state index is 12.3. The van der Waals surface area contributed by atoms with E-state index in [2.05, 4.69) is 0 Å². The fourth-order valence-electron chi connectivity index (χ4n) is 2.14. The van der Waals surface area contributed by atoms with Crippen molar-refractivity contribution in [1.29, 1.82) is 0 Å². The maximum Gasteiger partial charge on any atom is 0.255 e. The lowest BCUT2D eigenvalue weighted by Gasteiger charge is -2.19. The molecule has 4 nitrogen and oxygen atoms in total. The van der Waals surface area contributed by atoms with Crippen molar-refractivity contribution in [2.45, 2.75) is 39.0 Å². The average molecular weight is 260 g/mol. The van der Waals surface area contributed by atoms with Gasteiger partial charge >= 0.3 is 0 Å². The van der Waals surface area contributed by atoms with Crippen LogP contribution in [0.4, 0.5) is 0 Å². The number of nitrogens with zero attached hydrogens (tertiary/aromatic N) is 1. The molecular weight excluding hydrogens is 240 g/mol. The number of para-hydroxylation sites is 1. The highest BCUT2D eigenvalue weighted by molar-refractivity contribution is 5.79. The summed E-state index contributed by atoms with van der Waals surface area (Å²) in [7, 11) is 0. The van der Waals surface area contributed by atoms with Crippen molar-refractivity contribution in [3.05, 3.63) is 46.2 Å². The highest BCUT2D eigenvalue weighted by atomic mass is 16.3. The first-order valence-electron chi connectivity index (χ1n) is 6.46. The van der Waals surface area contributed by atoms with Gasteiger partial charge in [-0.15, -0.1) is 0 Å². The standard InChI is InChI=1S/C15H20N2O2/c1-15(2,19)7-8-17-13-6-4-3-5-11(13)9-12(10-16)14(17)18/h3-6,9,19H,7-8,10,16H2,1-2H3. The molecule has 0 atom stereocenters. The second-order valence-electron chi connectivity index (χ2n) is 5.45. The molecule has 0 amide bonds. The zero-order chi connectivity index (χ0) is 14.0. The Kier molecular flexibility index (Phi) is 3.73. The Morgan fingerprint density at radius 2 is 2.00 bits per heavy atom.